The summed E-state index contributed by atoms with van der Waals surface area (Å²) < 4.78 is 0.956. The van der Waals surface area contributed by atoms with E-state index in [0.29, 0.717) is 38.0 Å². The number of nitrogens with zero attached hydrogens (tertiary/aromatic N) is 1. The van der Waals surface area contributed by atoms with E-state index in [2.05, 4.69) is 45.3 Å². The molecule has 2 amide bonds. The molecule has 1 fully saturated rings. The number of hydrogen-bond acceptors (Lipinski definition) is 2. The third-order valence-electron chi connectivity index (χ3n) is 5.95. The van der Waals surface area contributed by atoms with Crippen LogP contribution < -0.4 is 5.32 Å². The molecule has 2 N–H and O–H groups in total. The van der Waals surface area contributed by atoms with Gasteiger partial charge in [-0.3, -0.25) is 9.59 Å². The fourth-order valence-corrected chi connectivity index (χ4v) is 4.50. The number of halogens is 1. The van der Waals surface area contributed by atoms with Crippen LogP contribution in [0.5, 0.6) is 0 Å². The Labute approximate surface area is 185 Å². The Kier molecular flexibility index (Phi) is 6.23. The molecule has 3 aromatic rings. The molecule has 6 heteroatoms. The number of hydrogen-bond donors (Lipinski definition) is 2. The number of piperidine rings is 1. The number of benzene rings is 2. The summed E-state index contributed by atoms with van der Waals surface area (Å²) in [6.45, 7) is 3.94. The molecule has 156 valence electrons. The second-order valence-electron chi connectivity index (χ2n) is 7.89. The SMILES string of the molecule is Cc1[nH]c2ccccc2c1CCNC(=O)C1CCN(C(=O)c2ccc(Br)cc2)CC1. The predicted octanol–water partition coefficient (Wildman–Crippen LogP) is 4.45. The third kappa shape index (κ3) is 4.43. The summed E-state index contributed by atoms with van der Waals surface area (Å²) in [6, 6.07) is 15.7. The minimum Gasteiger partial charge on any atom is -0.358 e. The molecular formula is C24H26BrN3O2. The number of para-hydroxylation sites is 1. The highest BCUT2D eigenvalue weighted by molar-refractivity contribution is 9.10. The molecule has 4 rings (SSSR count). The van der Waals surface area contributed by atoms with Crippen LogP contribution >= 0.6 is 15.9 Å². The first kappa shape index (κ1) is 20.7. The highest BCUT2D eigenvalue weighted by Gasteiger charge is 2.27. The van der Waals surface area contributed by atoms with Gasteiger partial charge in [-0.15, -0.1) is 0 Å². The van der Waals surface area contributed by atoms with Crippen molar-refractivity contribution in [3.05, 3.63) is 69.8 Å². The Morgan fingerprint density at radius 1 is 1.10 bits per heavy atom. The van der Waals surface area contributed by atoms with E-state index in [1.807, 2.05) is 41.3 Å². The molecule has 0 unspecified atom stereocenters. The Balaban J connectivity index is 1.27. The number of carbonyl (C=O) groups excluding carboxylic acids is 2. The van der Waals surface area contributed by atoms with Gasteiger partial charge in [0.05, 0.1) is 0 Å². The van der Waals surface area contributed by atoms with Crippen molar-refractivity contribution in [2.75, 3.05) is 19.6 Å². The summed E-state index contributed by atoms with van der Waals surface area (Å²) in [5, 5.41) is 4.33. The molecule has 1 aliphatic rings. The molecule has 2 aromatic carbocycles. The number of aromatic amines is 1. The smallest absolute Gasteiger partial charge is 0.253 e. The van der Waals surface area contributed by atoms with E-state index in [1.165, 1.54) is 10.9 Å². The van der Waals surface area contributed by atoms with Gasteiger partial charge < -0.3 is 15.2 Å². The van der Waals surface area contributed by atoms with Gasteiger partial charge in [0.2, 0.25) is 5.91 Å². The van der Waals surface area contributed by atoms with Crippen molar-refractivity contribution >= 4 is 38.6 Å². The van der Waals surface area contributed by atoms with Crippen molar-refractivity contribution in [1.82, 2.24) is 15.2 Å². The maximum absolute atomic E-state index is 12.6. The van der Waals surface area contributed by atoms with Crippen LogP contribution in [0.25, 0.3) is 10.9 Å². The first-order valence-corrected chi connectivity index (χ1v) is 11.2. The molecular weight excluding hydrogens is 442 g/mol. The van der Waals surface area contributed by atoms with E-state index in [4.69, 9.17) is 0 Å². The number of nitrogens with one attached hydrogen (secondary N) is 2. The highest BCUT2D eigenvalue weighted by atomic mass is 79.9. The molecule has 2 heterocycles. The van der Waals surface area contributed by atoms with Gasteiger partial charge in [-0.1, -0.05) is 34.1 Å². The number of carbonyl (C=O) groups is 2. The van der Waals surface area contributed by atoms with Gasteiger partial charge in [-0.05, 0) is 62.1 Å². The Morgan fingerprint density at radius 3 is 2.53 bits per heavy atom. The van der Waals surface area contributed by atoms with Crippen LogP contribution in [0.3, 0.4) is 0 Å². The fraction of sp³-hybridized carbons (Fsp3) is 0.333. The monoisotopic (exact) mass is 467 g/mol. The van der Waals surface area contributed by atoms with Gasteiger partial charge in [0, 0.05) is 52.2 Å². The van der Waals surface area contributed by atoms with Gasteiger partial charge in [-0.25, -0.2) is 0 Å². The molecule has 1 aromatic heterocycles. The van der Waals surface area contributed by atoms with Crippen molar-refractivity contribution < 1.29 is 9.59 Å². The number of amides is 2. The molecule has 0 spiro atoms. The Hall–Kier alpha value is -2.60. The van der Waals surface area contributed by atoms with E-state index in [9.17, 15) is 9.59 Å². The molecule has 5 nitrogen and oxygen atoms in total. The largest absolute Gasteiger partial charge is 0.358 e. The summed E-state index contributed by atoms with van der Waals surface area (Å²) in [5.41, 5.74) is 4.25. The number of fused-ring (bicyclic) bond motifs is 1. The van der Waals surface area contributed by atoms with Crippen molar-refractivity contribution in [3.63, 3.8) is 0 Å². The topological polar surface area (TPSA) is 65.2 Å². The van der Waals surface area contributed by atoms with Gasteiger partial charge >= 0.3 is 0 Å². The fourth-order valence-electron chi connectivity index (χ4n) is 4.23. The Bertz CT molecular complexity index is 1050. The second kappa shape index (κ2) is 9.04. The molecule has 0 aliphatic carbocycles. The van der Waals surface area contributed by atoms with Gasteiger partial charge in [0.1, 0.15) is 0 Å². The first-order chi connectivity index (χ1) is 14.5. The molecule has 30 heavy (non-hydrogen) atoms. The van der Waals surface area contributed by atoms with Crippen LogP contribution in [0, 0.1) is 12.8 Å². The quantitative estimate of drug-likeness (QED) is 0.581. The average molecular weight is 468 g/mol. The van der Waals surface area contributed by atoms with E-state index in [1.54, 1.807) is 0 Å². The molecule has 1 aliphatic heterocycles. The highest BCUT2D eigenvalue weighted by Crippen LogP contribution is 2.23. The molecule has 0 bridgehead atoms. The molecule has 0 atom stereocenters. The van der Waals surface area contributed by atoms with Crippen molar-refractivity contribution in [1.29, 1.82) is 0 Å². The maximum atomic E-state index is 12.6. The van der Waals surface area contributed by atoms with Gasteiger partial charge in [0.15, 0.2) is 0 Å². The summed E-state index contributed by atoms with van der Waals surface area (Å²) in [5.74, 6) is 0.113. The lowest BCUT2D eigenvalue weighted by molar-refractivity contribution is -0.126. The number of likely N-dealkylation sites (tertiary alicyclic amines) is 1. The lowest BCUT2D eigenvalue weighted by atomic mass is 9.95. The number of H-pyrrole nitrogens is 1. The summed E-state index contributed by atoms with van der Waals surface area (Å²) in [7, 11) is 0. The van der Waals surface area contributed by atoms with E-state index < -0.39 is 0 Å². The van der Waals surface area contributed by atoms with Crippen LogP contribution in [-0.4, -0.2) is 41.3 Å². The zero-order valence-corrected chi connectivity index (χ0v) is 18.7. The second-order valence-corrected chi connectivity index (χ2v) is 8.80. The zero-order valence-electron chi connectivity index (χ0n) is 17.1. The van der Waals surface area contributed by atoms with Crippen molar-refractivity contribution in [2.45, 2.75) is 26.2 Å². The van der Waals surface area contributed by atoms with E-state index >= 15 is 0 Å². The summed E-state index contributed by atoms with van der Waals surface area (Å²) in [4.78, 5) is 30.5. The Morgan fingerprint density at radius 2 is 1.80 bits per heavy atom. The van der Waals surface area contributed by atoms with Crippen molar-refractivity contribution in [3.8, 4) is 0 Å². The van der Waals surface area contributed by atoms with Crippen LogP contribution in [0.1, 0.15) is 34.5 Å². The summed E-state index contributed by atoms with van der Waals surface area (Å²) >= 11 is 3.39. The first-order valence-electron chi connectivity index (χ1n) is 10.4. The van der Waals surface area contributed by atoms with Gasteiger partial charge in [0.25, 0.3) is 5.91 Å². The standard InChI is InChI=1S/C24H26BrN3O2/c1-16-20(21-4-2-3-5-22(21)27-16)10-13-26-23(29)17-11-14-28(15-12-17)24(30)18-6-8-19(25)9-7-18/h2-9,17,27H,10-15H2,1H3,(H,26,29). The van der Waals surface area contributed by atoms with E-state index in [0.717, 1.165) is 22.1 Å². The van der Waals surface area contributed by atoms with Crippen LogP contribution in [0.2, 0.25) is 0 Å². The van der Waals surface area contributed by atoms with Crippen molar-refractivity contribution in [2.24, 2.45) is 5.92 Å². The number of aryl methyl sites for hydroxylation is 1. The predicted molar refractivity (Wildman–Crippen MR) is 123 cm³/mol. The van der Waals surface area contributed by atoms with Crippen LogP contribution in [0.4, 0.5) is 0 Å². The molecule has 1 saturated heterocycles. The van der Waals surface area contributed by atoms with Gasteiger partial charge in [-0.2, -0.15) is 0 Å². The average Bonchev–Trinajstić information content (AvgIpc) is 3.09. The lowest BCUT2D eigenvalue weighted by Crippen LogP contribution is -2.43. The third-order valence-corrected chi connectivity index (χ3v) is 6.47. The normalized spacial score (nSPS) is 14.8. The molecule has 0 saturated carbocycles. The lowest BCUT2D eigenvalue weighted by Gasteiger charge is -2.31. The minimum absolute atomic E-state index is 0.0250. The minimum atomic E-state index is -0.0250. The molecule has 0 radical (unpaired) electrons. The van der Waals surface area contributed by atoms with Crippen LogP contribution in [-0.2, 0) is 11.2 Å². The van der Waals surface area contributed by atoms with E-state index in [-0.39, 0.29) is 17.7 Å². The number of rotatable bonds is 5. The van der Waals surface area contributed by atoms with Crippen LogP contribution in [0.15, 0.2) is 53.0 Å². The maximum Gasteiger partial charge on any atom is 0.253 e. The number of aromatic nitrogens is 1. The zero-order chi connectivity index (χ0) is 21.1. The summed E-state index contributed by atoms with van der Waals surface area (Å²) in [6.07, 6.45) is 2.23.